The van der Waals surface area contributed by atoms with Crippen LogP contribution in [0.4, 0.5) is 0 Å². The second-order valence-corrected chi connectivity index (χ2v) is 4.66. The molecule has 5 heteroatoms. The summed E-state index contributed by atoms with van der Waals surface area (Å²) in [5.74, 6) is 0.704. The molecule has 2 aromatic rings. The molecule has 0 aliphatic rings. The summed E-state index contributed by atoms with van der Waals surface area (Å²) < 4.78 is 5.67. The average Bonchev–Trinajstić information content (AvgIpc) is 2.32. The van der Waals surface area contributed by atoms with Crippen molar-refractivity contribution in [2.24, 2.45) is 5.73 Å². The molecule has 1 aromatic carbocycles. The molecule has 19 heavy (non-hydrogen) atoms. The summed E-state index contributed by atoms with van der Waals surface area (Å²) in [5, 5.41) is 8.09. The second-order valence-electron chi connectivity index (χ2n) is 4.26. The van der Waals surface area contributed by atoms with Gasteiger partial charge in [0.05, 0.1) is 10.6 Å². The number of halogens is 1. The van der Waals surface area contributed by atoms with Gasteiger partial charge in [-0.15, -0.1) is 0 Å². The van der Waals surface area contributed by atoms with Gasteiger partial charge in [-0.2, -0.15) is 0 Å². The third-order valence-corrected chi connectivity index (χ3v) is 2.98. The van der Waals surface area contributed by atoms with Gasteiger partial charge in [0, 0.05) is 6.20 Å². The molecule has 0 aliphatic carbocycles. The van der Waals surface area contributed by atoms with Crippen molar-refractivity contribution in [3.05, 3.63) is 52.2 Å². The van der Waals surface area contributed by atoms with Crippen LogP contribution in [-0.4, -0.2) is 10.8 Å². The third-order valence-electron chi connectivity index (χ3n) is 2.69. The van der Waals surface area contributed by atoms with Crippen LogP contribution in [0.15, 0.2) is 30.5 Å². The molecule has 0 unspecified atom stereocenters. The van der Waals surface area contributed by atoms with Crippen LogP contribution in [0.5, 0.6) is 11.6 Å². The van der Waals surface area contributed by atoms with Gasteiger partial charge in [0.15, 0.2) is 0 Å². The molecular formula is C14H14ClN3O. The Morgan fingerprint density at radius 3 is 2.68 bits per heavy atom. The van der Waals surface area contributed by atoms with Crippen molar-refractivity contribution >= 4 is 17.4 Å². The highest BCUT2D eigenvalue weighted by atomic mass is 35.5. The van der Waals surface area contributed by atoms with E-state index < -0.39 is 0 Å². The van der Waals surface area contributed by atoms with Gasteiger partial charge in [0.25, 0.3) is 0 Å². The zero-order chi connectivity index (χ0) is 14.0. The highest BCUT2D eigenvalue weighted by Gasteiger charge is 2.13. The summed E-state index contributed by atoms with van der Waals surface area (Å²) in [6.07, 6.45) is 1.61. The Labute approximate surface area is 116 Å². The average molecular weight is 276 g/mol. The highest BCUT2D eigenvalue weighted by molar-refractivity contribution is 6.32. The Kier molecular flexibility index (Phi) is 3.71. The number of nitrogens with two attached hydrogens (primary N) is 1. The number of pyridine rings is 1. The number of aryl methyl sites for hydroxylation is 2. The maximum Gasteiger partial charge on any atom is 0.230 e. The van der Waals surface area contributed by atoms with E-state index in [1.165, 1.54) is 0 Å². The third kappa shape index (κ3) is 2.85. The van der Waals surface area contributed by atoms with Crippen molar-refractivity contribution < 1.29 is 4.74 Å². The van der Waals surface area contributed by atoms with Crippen LogP contribution >= 0.6 is 11.6 Å². The first-order valence-electron chi connectivity index (χ1n) is 5.73. The summed E-state index contributed by atoms with van der Waals surface area (Å²) in [4.78, 5) is 4.12. The highest BCUT2D eigenvalue weighted by Crippen LogP contribution is 2.31. The molecular weight excluding hydrogens is 262 g/mol. The fourth-order valence-electron chi connectivity index (χ4n) is 1.73. The lowest BCUT2D eigenvalue weighted by Gasteiger charge is -2.12. The quantitative estimate of drug-likeness (QED) is 0.666. The van der Waals surface area contributed by atoms with Gasteiger partial charge in [0.2, 0.25) is 5.88 Å². The van der Waals surface area contributed by atoms with E-state index in [9.17, 15) is 0 Å². The SMILES string of the molecule is Cc1ccc(Oc2nccc(C)c2C(=N)N)c(Cl)c1. The maximum atomic E-state index is 7.60. The van der Waals surface area contributed by atoms with Crippen molar-refractivity contribution in [3.8, 4) is 11.6 Å². The minimum Gasteiger partial charge on any atom is -0.437 e. The summed E-state index contributed by atoms with van der Waals surface area (Å²) >= 11 is 6.11. The van der Waals surface area contributed by atoms with Crippen LogP contribution in [-0.2, 0) is 0 Å². The number of aromatic nitrogens is 1. The van der Waals surface area contributed by atoms with Gasteiger partial charge in [-0.05, 0) is 43.2 Å². The maximum absolute atomic E-state index is 7.60. The van der Waals surface area contributed by atoms with Crippen molar-refractivity contribution in [2.45, 2.75) is 13.8 Å². The first-order valence-corrected chi connectivity index (χ1v) is 6.11. The number of hydrogen-bond acceptors (Lipinski definition) is 3. The molecule has 3 N–H and O–H groups in total. The van der Waals surface area contributed by atoms with Gasteiger partial charge < -0.3 is 10.5 Å². The van der Waals surface area contributed by atoms with Gasteiger partial charge in [-0.25, -0.2) is 4.98 Å². The zero-order valence-corrected chi connectivity index (χ0v) is 11.5. The van der Waals surface area contributed by atoms with E-state index in [1.54, 1.807) is 24.4 Å². The van der Waals surface area contributed by atoms with E-state index in [1.807, 2.05) is 19.9 Å². The summed E-state index contributed by atoms with van der Waals surface area (Å²) in [7, 11) is 0. The minimum atomic E-state index is -0.0798. The molecule has 1 heterocycles. The Bertz CT molecular complexity index is 641. The number of nitrogen functional groups attached to an aromatic ring is 1. The van der Waals surface area contributed by atoms with Crippen LogP contribution in [0, 0.1) is 19.3 Å². The first-order chi connectivity index (χ1) is 8.99. The Morgan fingerprint density at radius 1 is 1.32 bits per heavy atom. The molecule has 0 fully saturated rings. The lowest BCUT2D eigenvalue weighted by Crippen LogP contribution is -2.14. The Balaban J connectivity index is 2.44. The van der Waals surface area contributed by atoms with Crippen LogP contribution in [0.1, 0.15) is 16.7 Å². The lowest BCUT2D eigenvalue weighted by atomic mass is 10.1. The number of ether oxygens (including phenoxy) is 1. The molecule has 0 radical (unpaired) electrons. The normalized spacial score (nSPS) is 10.3. The van der Waals surface area contributed by atoms with E-state index in [0.29, 0.717) is 22.2 Å². The van der Waals surface area contributed by atoms with E-state index >= 15 is 0 Å². The predicted octanol–water partition coefficient (Wildman–Crippen LogP) is 3.43. The molecule has 0 aliphatic heterocycles. The van der Waals surface area contributed by atoms with Crippen molar-refractivity contribution in [3.63, 3.8) is 0 Å². The van der Waals surface area contributed by atoms with Crippen LogP contribution in [0.25, 0.3) is 0 Å². The molecule has 0 atom stereocenters. The largest absolute Gasteiger partial charge is 0.437 e. The fraction of sp³-hybridized carbons (Fsp3) is 0.143. The Morgan fingerprint density at radius 2 is 2.05 bits per heavy atom. The van der Waals surface area contributed by atoms with Gasteiger partial charge in [0.1, 0.15) is 11.6 Å². The van der Waals surface area contributed by atoms with E-state index in [-0.39, 0.29) is 5.84 Å². The fourth-order valence-corrected chi connectivity index (χ4v) is 2.00. The first kappa shape index (κ1) is 13.4. The topological polar surface area (TPSA) is 72.0 Å². The molecule has 0 saturated heterocycles. The lowest BCUT2D eigenvalue weighted by molar-refractivity contribution is 0.461. The number of amidine groups is 1. The summed E-state index contributed by atoms with van der Waals surface area (Å²) in [6, 6.07) is 7.25. The second kappa shape index (κ2) is 5.28. The van der Waals surface area contributed by atoms with Crippen molar-refractivity contribution in [1.82, 2.24) is 4.98 Å². The Hall–Kier alpha value is -2.07. The van der Waals surface area contributed by atoms with Crippen LogP contribution in [0.3, 0.4) is 0 Å². The molecule has 2 rings (SSSR count). The van der Waals surface area contributed by atoms with Crippen molar-refractivity contribution in [1.29, 1.82) is 5.41 Å². The standard InChI is InChI=1S/C14H14ClN3O/c1-8-3-4-11(10(15)7-8)19-14-12(13(16)17)9(2)5-6-18-14/h3-7H,1-2H3,(H3,16,17). The number of nitrogens with zero attached hydrogens (tertiary/aromatic N) is 1. The van der Waals surface area contributed by atoms with E-state index in [2.05, 4.69) is 4.98 Å². The van der Waals surface area contributed by atoms with Gasteiger partial charge in [-0.3, -0.25) is 5.41 Å². The molecule has 0 spiro atoms. The number of benzene rings is 1. The monoisotopic (exact) mass is 275 g/mol. The summed E-state index contributed by atoms with van der Waals surface area (Å²) in [5.41, 5.74) is 7.92. The zero-order valence-electron chi connectivity index (χ0n) is 10.7. The number of nitrogens with one attached hydrogen (secondary N) is 1. The van der Waals surface area contributed by atoms with E-state index in [0.717, 1.165) is 11.1 Å². The predicted molar refractivity (Wildman–Crippen MR) is 76.3 cm³/mol. The van der Waals surface area contributed by atoms with Gasteiger partial charge >= 0.3 is 0 Å². The molecule has 0 saturated carbocycles. The molecule has 0 amide bonds. The number of rotatable bonds is 3. The van der Waals surface area contributed by atoms with E-state index in [4.69, 9.17) is 27.5 Å². The number of hydrogen-bond donors (Lipinski definition) is 2. The smallest absolute Gasteiger partial charge is 0.230 e. The molecule has 4 nitrogen and oxygen atoms in total. The van der Waals surface area contributed by atoms with Crippen LogP contribution in [0.2, 0.25) is 5.02 Å². The molecule has 98 valence electrons. The molecule has 1 aromatic heterocycles. The summed E-state index contributed by atoms with van der Waals surface area (Å²) in [6.45, 7) is 3.80. The molecule has 0 bridgehead atoms. The van der Waals surface area contributed by atoms with Crippen LogP contribution < -0.4 is 10.5 Å². The van der Waals surface area contributed by atoms with Crippen molar-refractivity contribution in [2.75, 3.05) is 0 Å². The minimum absolute atomic E-state index is 0.0798. The van der Waals surface area contributed by atoms with Gasteiger partial charge in [-0.1, -0.05) is 17.7 Å².